The molecular formula is C18H19ClO2. The molecule has 0 aliphatic rings. The van der Waals surface area contributed by atoms with Crippen LogP contribution in [0.15, 0.2) is 42.5 Å². The Kier molecular flexibility index (Phi) is 5.40. The van der Waals surface area contributed by atoms with Gasteiger partial charge in [-0.2, -0.15) is 0 Å². The first-order chi connectivity index (χ1) is 10.1. The summed E-state index contributed by atoms with van der Waals surface area (Å²) in [6, 6.07) is 13.2. The number of carbonyl (C=O) groups excluding carboxylic acids is 1. The number of aryl methyl sites for hydroxylation is 1. The Bertz CT molecular complexity index is 635. The lowest BCUT2D eigenvalue weighted by molar-refractivity contribution is 0.0981. The van der Waals surface area contributed by atoms with E-state index in [1.807, 2.05) is 56.3 Å². The van der Waals surface area contributed by atoms with E-state index in [1.165, 1.54) is 0 Å². The van der Waals surface area contributed by atoms with Crippen LogP contribution in [0.5, 0.6) is 5.75 Å². The number of halogens is 1. The van der Waals surface area contributed by atoms with Crippen molar-refractivity contribution in [2.75, 3.05) is 0 Å². The Balaban J connectivity index is 2.08. The molecule has 21 heavy (non-hydrogen) atoms. The lowest BCUT2D eigenvalue weighted by Gasteiger charge is -2.11. The number of rotatable bonds is 6. The molecule has 2 rings (SSSR count). The summed E-state index contributed by atoms with van der Waals surface area (Å²) in [6.45, 7) is 4.37. The summed E-state index contributed by atoms with van der Waals surface area (Å²) >= 11 is 6.11. The second-order valence-corrected chi connectivity index (χ2v) is 5.44. The van der Waals surface area contributed by atoms with E-state index in [-0.39, 0.29) is 5.78 Å². The maximum Gasteiger partial charge on any atom is 0.162 e. The molecule has 0 aliphatic carbocycles. The highest BCUT2D eigenvalue weighted by Crippen LogP contribution is 2.23. The summed E-state index contributed by atoms with van der Waals surface area (Å²) in [4.78, 5) is 11.9. The van der Waals surface area contributed by atoms with Crippen LogP contribution in [0.2, 0.25) is 5.02 Å². The van der Waals surface area contributed by atoms with Crippen molar-refractivity contribution < 1.29 is 9.53 Å². The molecule has 0 heterocycles. The monoisotopic (exact) mass is 302 g/mol. The van der Waals surface area contributed by atoms with Gasteiger partial charge < -0.3 is 4.74 Å². The minimum atomic E-state index is 0.179. The van der Waals surface area contributed by atoms with Gasteiger partial charge in [-0.3, -0.25) is 4.79 Å². The quantitative estimate of drug-likeness (QED) is 0.685. The van der Waals surface area contributed by atoms with Gasteiger partial charge in [0.15, 0.2) is 5.78 Å². The number of hydrogen-bond acceptors (Lipinski definition) is 2. The Hall–Kier alpha value is -1.80. The predicted octanol–water partition coefficient (Wildman–Crippen LogP) is 5.21. The molecule has 0 spiro atoms. The molecule has 3 heteroatoms. The van der Waals surface area contributed by atoms with Gasteiger partial charge in [-0.25, -0.2) is 0 Å². The maximum absolute atomic E-state index is 11.9. The zero-order valence-corrected chi connectivity index (χ0v) is 13.1. The fourth-order valence-corrected chi connectivity index (χ4v) is 2.32. The van der Waals surface area contributed by atoms with Gasteiger partial charge >= 0.3 is 0 Å². The van der Waals surface area contributed by atoms with Crippen LogP contribution in [0.4, 0.5) is 0 Å². The number of carbonyl (C=O) groups is 1. The van der Waals surface area contributed by atoms with E-state index in [4.69, 9.17) is 16.3 Å². The third-order valence-corrected chi connectivity index (χ3v) is 3.68. The van der Waals surface area contributed by atoms with Gasteiger partial charge in [0.05, 0.1) is 0 Å². The molecular weight excluding hydrogens is 284 g/mol. The van der Waals surface area contributed by atoms with Gasteiger partial charge in [0.2, 0.25) is 0 Å². The number of ketones is 1. The summed E-state index contributed by atoms with van der Waals surface area (Å²) in [5.74, 6) is 0.959. The first kappa shape index (κ1) is 15.6. The number of ether oxygens (including phenoxy) is 1. The van der Waals surface area contributed by atoms with E-state index in [0.717, 1.165) is 28.9 Å². The molecule has 0 aromatic heterocycles. The Morgan fingerprint density at radius 1 is 1.19 bits per heavy atom. The van der Waals surface area contributed by atoms with Crippen molar-refractivity contribution in [3.05, 3.63) is 64.2 Å². The van der Waals surface area contributed by atoms with E-state index in [0.29, 0.717) is 18.1 Å². The second kappa shape index (κ2) is 7.28. The fraction of sp³-hybridized carbons (Fsp3) is 0.278. The number of benzene rings is 2. The summed E-state index contributed by atoms with van der Waals surface area (Å²) in [6.07, 6.45) is 1.45. The van der Waals surface area contributed by atoms with Crippen molar-refractivity contribution in [2.45, 2.75) is 33.3 Å². The van der Waals surface area contributed by atoms with Gasteiger partial charge in [0, 0.05) is 22.6 Å². The molecule has 0 radical (unpaired) electrons. The van der Waals surface area contributed by atoms with Crippen LogP contribution in [0.3, 0.4) is 0 Å². The maximum atomic E-state index is 11.9. The molecule has 110 valence electrons. The minimum Gasteiger partial charge on any atom is -0.489 e. The van der Waals surface area contributed by atoms with E-state index in [1.54, 1.807) is 0 Å². The molecule has 0 saturated carbocycles. The molecule has 0 unspecified atom stereocenters. The van der Waals surface area contributed by atoms with Crippen molar-refractivity contribution in [3.8, 4) is 5.75 Å². The molecule has 0 atom stereocenters. The Morgan fingerprint density at radius 2 is 1.95 bits per heavy atom. The molecule has 2 nitrogen and oxygen atoms in total. The molecule has 0 fully saturated rings. The van der Waals surface area contributed by atoms with Crippen LogP contribution in [0.1, 0.15) is 41.3 Å². The van der Waals surface area contributed by atoms with E-state index in [2.05, 4.69) is 0 Å². The Labute approximate surface area is 130 Å². The van der Waals surface area contributed by atoms with Crippen LogP contribution < -0.4 is 4.74 Å². The molecule has 2 aromatic carbocycles. The summed E-state index contributed by atoms with van der Waals surface area (Å²) in [5, 5.41) is 0.699. The van der Waals surface area contributed by atoms with E-state index >= 15 is 0 Å². The van der Waals surface area contributed by atoms with Gasteiger partial charge in [-0.1, -0.05) is 36.7 Å². The molecule has 0 amide bonds. The fourth-order valence-electron chi connectivity index (χ4n) is 2.13. The van der Waals surface area contributed by atoms with E-state index in [9.17, 15) is 4.79 Å². The standard InChI is InChI=1S/C18H19ClO2/c1-3-6-17(20)14-9-10-18(13(2)11-14)21-12-15-7-4-5-8-16(15)19/h4-5,7-11H,3,6,12H2,1-2H3. The number of hydrogen-bond donors (Lipinski definition) is 0. The van der Waals surface area contributed by atoms with Crippen LogP contribution in [0, 0.1) is 6.92 Å². The van der Waals surface area contributed by atoms with Crippen LogP contribution >= 0.6 is 11.6 Å². The third-order valence-electron chi connectivity index (χ3n) is 3.31. The van der Waals surface area contributed by atoms with Gasteiger partial charge in [-0.05, 0) is 43.2 Å². The van der Waals surface area contributed by atoms with Crippen LogP contribution in [0.25, 0.3) is 0 Å². The third kappa shape index (κ3) is 4.08. The zero-order valence-electron chi connectivity index (χ0n) is 12.4. The van der Waals surface area contributed by atoms with E-state index < -0.39 is 0 Å². The smallest absolute Gasteiger partial charge is 0.162 e. The summed E-state index contributed by atoms with van der Waals surface area (Å²) < 4.78 is 5.80. The number of Topliss-reactive ketones (excluding diaryl/α,β-unsaturated/α-hetero) is 1. The van der Waals surface area contributed by atoms with Gasteiger partial charge in [0.1, 0.15) is 12.4 Å². The topological polar surface area (TPSA) is 26.3 Å². The first-order valence-corrected chi connectivity index (χ1v) is 7.49. The first-order valence-electron chi connectivity index (χ1n) is 7.12. The lowest BCUT2D eigenvalue weighted by atomic mass is 10.0. The molecule has 0 saturated heterocycles. The van der Waals surface area contributed by atoms with Crippen molar-refractivity contribution >= 4 is 17.4 Å². The summed E-state index contributed by atoms with van der Waals surface area (Å²) in [5.41, 5.74) is 2.66. The predicted molar refractivity (Wildman–Crippen MR) is 86.2 cm³/mol. The van der Waals surface area contributed by atoms with Gasteiger partial charge in [0.25, 0.3) is 0 Å². The lowest BCUT2D eigenvalue weighted by Crippen LogP contribution is -2.01. The summed E-state index contributed by atoms with van der Waals surface area (Å²) in [7, 11) is 0. The van der Waals surface area contributed by atoms with Crippen LogP contribution in [-0.4, -0.2) is 5.78 Å². The van der Waals surface area contributed by atoms with Crippen molar-refractivity contribution in [3.63, 3.8) is 0 Å². The Morgan fingerprint density at radius 3 is 2.62 bits per heavy atom. The SMILES string of the molecule is CCCC(=O)c1ccc(OCc2ccccc2Cl)c(C)c1. The highest BCUT2D eigenvalue weighted by Gasteiger charge is 2.08. The molecule has 0 N–H and O–H groups in total. The average molecular weight is 303 g/mol. The second-order valence-electron chi connectivity index (χ2n) is 5.03. The zero-order chi connectivity index (χ0) is 15.2. The van der Waals surface area contributed by atoms with Crippen LogP contribution in [-0.2, 0) is 6.61 Å². The minimum absolute atomic E-state index is 0.179. The molecule has 0 bridgehead atoms. The van der Waals surface area contributed by atoms with Gasteiger partial charge in [-0.15, -0.1) is 0 Å². The van der Waals surface area contributed by atoms with Crippen molar-refractivity contribution in [1.82, 2.24) is 0 Å². The van der Waals surface area contributed by atoms with Crippen molar-refractivity contribution in [2.24, 2.45) is 0 Å². The molecule has 0 aliphatic heterocycles. The highest BCUT2D eigenvalue weighted by molar-refractivity contribution is 6.31. The van der Waals surface area contributed by atoms with Crippen molar-refractivity contribution in [1.29, 1.82) is 0 Å². The normalized spacial score (nSPS) is 10.4. The average Bonchev–Trinajstić information content (AvgIpc) is 2.47. The highest BCUT2D eigenvalue weighted by atomic mass is 35.5. The largest absolute Gasteiger partial charge is 0.489 e. The molecule has 2 aromatic rings.